The molecule has 0 bridgehead atoms. The van der Waals surface area contributed by atoms with Gasteiger partial charge in [-0.25, -0.2) is 9.97 Å². The Bertz CT molecular complexity index is 409. The lowest BCUT2D eigenvalue weighted by molar-refractivity contribution is 0.419. The minimum absolute atomic E-state index is 0.434. The van der Waals surface area contributed by atoms with Gasteiger partial charge in [0.15, 0.2) is 11.6 Å². The largest absolute Gasteiger partial charge is 0.493 e. The summed E-state index contributed by atoms with van der Waals surface area (Å²) in [5, 5.41) is 0. The number of H-pyrrole nitrogens is 1. The van der Waals surface area contributed by atoms with E-state index >= 15 is 0 Å². The van der Waals surface area contributed by atoms with E-state index < -0.39 is 0 Å². The second kappa shape index (κ2) is 2.37. The fraction of sp³-hybridized carbons (Fsp3) is 0.143. The molecule has 0 aliphatic carbocycles. The molecule has 0 aromatic carbocycles. The Hall–Kier alpha value is -1.78. The summed E-state index contributed by atoms with van der Waals surface area (Å²) in [5.74, 6) is 1.11. The lowest BCUT2D eigenvalue weighted by atomic mass is 10.4. The quantitative estimate of drug-likeness (QED) is 0.645. The zero-order valence-electron chi connectivity index (χ0n) is 6.53. The van der Waals surface area contributed by atoms with Crippen molar-refractivity contribution in [3.8, 4) is 5.75 Å². The van der Waals surface area contributed by atoms with Crippen molar-refractivity contribution >= 4 is 16.9 Å². The highest BCUT2D eigenvalue weighted by molar-refractivity contribution is 5.89. The summed E-state index contributed by atoms with van der Waals surface area (Å²) in [6, 6.07) is 0. The molecule has 2 rings (SSSR count). The van der Waals surface area contributed by atoms with Crippen LogP contribution in [0.25, 0.3) is 11.0 Å². The minimum atomic E-state index is 0.434. The number of hydrogen-bond acceptors (Lipinski definition) is 4. The van der Waals surface area contributed by atoms with E-state index in [9.17, 15) is 0 Å². The van der Waals surface area contributed by atoms with Crippen LogP contribution in [0.4, 0.5) is 5.82 Å². The molecule has 0 spiro atoms. The van der Waals surface area contributed by atoms with Gasteiger partial charge in [-0.1, -0.05) is 0 Å². The van der Waals surface area contributed by atoms with E-state index in [-0.39, 0.29) is 0 Å². The highest BCUT2D eigenvalue weighted by Gasteiger charge is 2.06. The van der Waals surface area contributed by atoms with Crippen molar-refractivity contribution in [3.63, 3.8) is 0 Å². The Morgan fingerprint density at radius 2 is 2.33 bits per heavy atom. The maximum Gasteiger partial charge on any atom is 0.162 e. The highest BCUT2D eigenvalue weighted by Crippen LogP contribution is 2.24. The number of nitrogens with one attached hydrogen (secondary N) is 1. The molecular weight excluding hydrogens is 156 g/mol. The van der Waals surface area contributed by atoms with Crippen LogP contribution in [-0.4, -0.2) is 22.1 Å². The maximum atomic E-state index is 5.59. The Kier molecular flexibility index (Phi) is 1.36. The van der Waals surface area contributed by atoms with Gasteiger partial charge in [-0.15, -0.1) is 0 Å². The second-order valence-corrected chi connectivity index (χ2v) is 2.34. The number of methoxy groups -OCH3 is 1. The first-order valence-corrected chi connectivity index (χ1v) is 3.44. The Morgan fingerprint density at radius 1 is 1.50 bits per heavy atom. The van der Waals surface area contributed by atoms with Crippen molar-refractivity contribution in [2.75, 3.05) is 12.8 Å². The summed E-state index contributed by atoms with van der Waals surface area (Å²) in [5.41, 5.74) is 7.02. The van der Waals surface area contributed by atoms with Crippen molar-refractivity contribution in [3.05, 3.63) is 12.5 Å². The number of nitrogen functional groups attached to an aromatic ring is 1. The number of hydrogen-bond donors (Lipinski definition) is 2. The van der Waals surface area contributed by atoms with E-state index in [0.29, 0.717) is 22.6 Å². The van der Waals surface area contributed by atoms with E-state index in [1.54, 1.807) is 13.3 Å². The standard InChI is InChI=1S/C7H8N4O/c1-12-4-2-9-6-5(4)10-3-11-7(6)8/h2-3,9H,1H3,(H2,8,10,11). The Morgan fingerprint density at radius 3 is 3.08 bits per heavy atom. The predicted molar refractivity (Wildman–Crippen MR) is 44.9 cm³/mol. The molecular formula is C7H8N4O. The number of nitrogens with zero attached hydrogens (tertiary/aromatic N) is 2. The van der Waals surface area contributed by atoms with Crippen LogP contribution in [0.15, 0.2) is 12.5 Å². The molecule has 5 heteroatoms. The van der Waals surface area contributed by atoms with Gasteiger partial charge in [-0.05, 0) is 0 Å². The van der Waals surface area contributed by atoms with E-state index in [0.717, 1.165) is 0 Å². The molecule has 0 fully saturated rings. The van der Waals surface area contributed by atoms with E-state index in [2.05, 4.69) is 15.0 Å². The summed E-state index contributed by atoms with van der Waals surface area (Å²) in [7, 11) is 1.58. The number of nitrogens with two attached hydrogens (primary N) is 1. The summed E-state index contributed by atoms with van der Waals surface area (Å²) >= 11 is 0. The molecule has 62 valence electrons. The summed E-state index contributed by atoms with van der Waals surface area (Å²) < 4.78 is 5.05. The van der Waals surface area contributed by atoms with Gasteiger partial charge in [0.05, 0.1) is 7.11 Å². The molecule has 0 aliphatic rings. The minimum Gasteiger partial charge on any atom is -0.493 e. The molecule has 2 aromatic heterocycles. The van der Waals surface area contributed by atoms with Crippen LogP contribution < -0.4 is 10.5 Å². The van der Waals surface area contributed by atoms with Crippen molar-refractivity contribution in [1.29, 1.82) is 0 Å². The van der Waals surface area contributed by atoms with Crippen LogP contribution in [0, 0.1) is 0 Å². The molecule has 3 N–H and O–H groups in total. The molecule has 0 unspecified atom stereocenters. The SMILES string of the molecule is COc1c[nH]c2c(N)ncnc12. The molecule has 0 radical (unpaired) electrons. The lowest BCUT2D eigenvalue weighted by Gasteiger charge is -1.95. The van der Waals surface area contributed by atoms with E-state index in [1.807, 2.05) is 0 Å². The average molecular weight is 164 g/mol. The lowest BCUT2D eigenvalue weighted by Crippen LogP contribution is -1.92. The third-order valence-electron chi connectivity index (χ3n) is 1.68. The zero-order chi connectivity index (χ0) is 8.55. The maximum absolute atomic E-state index is 5.59. The molecule has 0 saturated carbocycles. The fourth-order valence-electron chi connectivity index (χ4n) is 1.09. The number of fused-ring (bicyclic) bond motifs is 1. The summed E-state index contributed by atoms with van der Waals surface area (Å²) in [6.45, 7) is 0. The van der Waals surface area contributed by atoms with Gasteiger partial charge in [0.1, 0.15) is 17.4 Å². The van der Waals surface area contributed by atoms with Crippen LogP contribution >= 0.6 is 0 Å². The average Bonchev–Trinajstić information content (AvgIpc) is 2.49. The monoisotopic (exact) mass is 164 g/mol. The molecule has 2 aromatic rings. The van der Waals surface area contributed by atoms with Crippen molar-refractivity contribution in [2.24, 2.45) is 0 Å². The van der Waals surface area contributed by atoms with Crippen LogP contribution in [0.5, 0.6) is 5.75 Å². The number of anilines is 1. The predicted octanol–water partition coefficient (Wildman–Crippen LogP) is 0.549. The first-order valence-electron chi connectivity index (χ1n) is 3.44. The topological polar surface area (TPSA) is 76.8 Å². The van der Waals surface area contributed by atoms with Crippen LogP contribution in [-0.2, 0) is 0 Å². The van der Waals surface area contributed by atoms with Gasteiger partial charge in [0.2, 0.25) is 0 Å². The van der Waals surface area contributed by atoms with Gasteiger partial charge in [0, 0.05) is 6.20 Å². The molecule has 0 atom stereocenters. The highest BCUT2D eigenvalue weighted by atomic mass is 16.5. The number of aromatic nitrogens is 3. The van der Waals surface area contributed by atoms with E-state index in [4.69, 9.17) is 10.5 Å². The third-order valence-corrected chi connectivity index (χ3v) is 1.68. The van der Waals surface area contributed by atoms with Crippen LogP contribution in [0.2, 0.25) is 0 Å². The van der Waals surface area contributed by atoms with Crippen molar-refractivity contribution < 1.29 is 4.74 Å². The first kappa shape index (κ1) is 6.90. The zero-order valence-corrected chi connectivity index (χ0v) is 6.53. The van der Waals surface area contributed by atoms with Crippen molar-refractivity contribution in [2.45, 2.75) is 0 Å². The Labute approximate surface area is 68.6 Å². The number of rotatable bonds is 1. The summed E-state index contributed by atoms with van der Waals surface area (Å²) in [4.78, 5) is 10.8. The van der Waals surface area contributed by atoms with E-state index in [1.165, 1.54) is 6.33 Å². The number of ether oxygens (including phenoxy) is 1. The molecule has 0 aliphatic heterocycles. The van der Waals surface area contributed by atoms with Gasteiger partial charge in [0.25, 0.3) is 0 Å². The molecule has 0 amide bonds. The molecule has 12 heavy (non-hydrogen) atoms. The van der Waals surface area contributed by atoms with Gasteiger partial charge >= 0.3 is 0 Å². The first-order chi connectivity index (χ1) is 5.83. The number of aromatic amines is 1. The molecule has 0 saturated heterocycles. The van der Waals surface area contributed by atoms with Crippen LogP contribution in [0.3, 0.4) is 0 Å². The smallest absolute Gasteiger partial charge is 0.162 e. The fourth-order valence-corrected chi connectivity index (χ4v) is 1.09. The normalized spacial score (nSPS) is 10.4. The second-order valence-electron chi connectivity index (χ2n) is 2.34. The third kappa shape index (κ3) is 0.795. The Balaban J connectivity index is 2.80. The van der Waals surface area contributed by atoms with Crippen molar-refractivity contribution in [1.82, 2.24) is 15.0 Å². The summed E-state index contributed by atoms with van der Waals surface area (Å²) in [6.07, 6.45) is 3.11. The van der Waals surface area contributed by atoms with Crippen LogP contribution in [0.1, 0.15) is 0 Å². The molecule has 5 nitrogen and oxygen atoms in total. The molecule has 2 heterocycles. The van der Waals surface area contributed by atoms with Gasteiger partial charge in [-0.2, -0.15) is 0 Å². The van der Waals surface area contributed by atoms with Gasteiger partial charge < -0.3 is 15.5 Å². The van der Waals surface area contributed by atoms with Gasteiger partial charge in [-0.3, -0.25) is 0 Å².